The zero-order chi connectivity index (χ0) is 38.8. The van der Waals surface area contributed by atoms with Gasteiger partial charge in [-0.25, -0.2) is 4.79 Å². The van der Waals surface area contributed by atoms with Crippen molar-refractivity contribution >= 4 is 34.2 Å². The molecule has 11 heteroatoms. The van der Waals surface area contributed by atoms with Gasteiger partial charge < -0.3 is 28.9 Å². The Morgan fingerprint density at radius 1 is 0.981 bits per heavy atom. The van der Waals surface area contributed by atoms with Gasteiger partial charge in [0.2, 0.25) is 5.91 Å². The zero-order valence-corrected chi connectivity index (χ0v) is 35.7. The van der Waals surface area contributed by atoms with Gasteiger partial charge in [-0.1, -0.05) is 104 Å². The number of hydrogen-bond donors (Lipinski definition) is 1. The lowest BCUT2D eigenvalue weighted by atomic mass is 10.0. The van der Waals surface area contributed by atoms with Gasteiger partial charge in [-0.2, -0.15) is 0 Å². The van der Waals surface area contributed by atoms with Crippen molar-refractivity contribution in [3.8, 4) is 18.1 Å². The molecular weight excluding hydrogens is 689 g/mol. The van der Waals surface area contributed by atoms with E-state index in [9.17, 15) is 14.4 Å². The van der Waals surface area contributed by atoms with Crippen molar-refractivity contribution in [1.82, 2.24) is 10.2 Å². The quantitative estimate of drug-likeness (QED) is 0.0369. The zero-order valence-electron chi connectivity index (χ0n) is 33.7. The number of hydrogen-bond acceptors (Lipinski definition) is 7. The van der Waals surface area contributed by atoms with Gasteiger partial charge in [-0.15, -0.1) is 6.42 Å². The number of nitrogens with one attached hydrogen (secondary N) is 1. The Kier molecular flexibility index (Phi) is 19.4. The van der Waals surface area contributed by atoms with E-state index in [1.807, 2.05) is 12.1 Å². The molecule has 2 amide bonds. The van der Waals surface area contributed by atoms with Crippen LogP contribution in [0.3, 0.4) is 0 Å². The van der Waals surface area contributed by atoms with Crippen LogP contribution in [0.5, 0.6) is 5.75 Å². The topological polar surface area (TPSA) is 103 Å². The third-order valence-corrected chi connectivity index (χ3v) is 16.1. The van der Waals surface area contributed by atoms with Crippen LogP contribution in [0.2, 0.25) is 43.8 Å². The van der Waals surface area contributed by atoms with Crippen LogP contribution in [0.4, 0.5) is 0 Å². The highest BCUT2D eigenvalue weighted by Crippen LogP contribution is 2.38. The van der Waals surface area contributed by atoms with Crippen LogP contribution in [0.1, 0.15) is 109 Å². The summed E-state index contributed by atoms with van der Waals surface area (Å²) in [5.74, 6) is 2.04. The van der Waals surface area contributed by atoms with Crippen LogP contribution < -0.4 is 10.1 Å². The minimum atomic E-state index is -2.18. The van der Waals surface area contributed by atoms with Crippen molar-refractivity contribution in [2.45, 2.75) is 160 Å². The predicted molar refractivity (Wildman–Crippen MR) is 215 cm³/mol. The van der Waals surface area contributed by atoms with E-state index >= 15 is 0 Å². The summed E-state index contributed by atoms with van der Waals surface area (Å²) in [6, 6.07) is 7.36. The number of amides is 2. The molecule has 0 aromatic heterocycles. The van der Waals surface area contributed by atoms with Gasteiger partial charge in [-0.3, -0.25) is 9.59 Å². The van der Waals surface area contributed by atoms with Gasteiger partial charge in [-0.05, 0) is 74.8 Å². The molecule has 1 aliphatic heterocycles. The number of esters is 1. The predicted octanol–water partition coefficient (Wildman–Crippen LogP) is 9.08. The fraction of sp³-hybridized carbons (Fsp3) is 0.683. The second-order valence-corrected chi connectivity index (χ2v) is 27.0. The largest absolute Gasteiger partial charge is 0.467 e. The van der Waals surface area contributed by atoms with Gasteiger partial charge in [0.25, 0.3) is 5.91 Å². The summed E-state index contributed by atoms with van der Waals surface area (Å²) in [4.78, 5) is 41.9. The summed E-state index contributed by atoms with van der Waals surface area (Å²) in [5, 5.41) is 2.78. The number of nitrogens with zero attached hydrogens (tertiary/aromatic N) is 1. The molecule has 1 aromatic carbocycles. The Hall–Kier alpha value is -2.92. The van der Waals surface area contributed by atoms with Crippen LogP contribution in [0.25, 0.3) is 0 Å². The van der Waals surface area contributed by atoms with Crippen LogP contribution in [0.15, 0.2) is 36.5 Å². The van der Waals surface area contributed by atoms with Gasteiger partial charge in [0.15, 0.2) is 15.1 Å². The normalized spacial score (nSPS) is 15.9. The lowest BCUT2D eigenvalue weighted by molar-refractivity contribution is -0.154. The number of para-hydroxylation sites is 1. The van der Waals surface area contributed by atoms with Gasteiger partial charge in [0.1, 0.15) is 24.0 Å². The number of carbonyl (C=O) groups excluding carboxylic acids is 3. The first kappa shape index (κ1) is 45.2. The molecule has 1 N–H and O–H groups in total. The minimum absolute atomic E-state index is 0.0273. The maximum Gasteiger partial charge on any atom is 0.329 e. The summed E-state index contributed by atoms with van der Waals surface area (Å²) >= 11 is 0. The van der Waals surface area contributed by atoms with E-state index in [-0.39, 0.29) is 42.3 Å². The van der Waals surface area contributed by atoms with E-state index in [1.54, 1.807) is 24.4 Å². The molecule has 52 heavy (non-hydrogen) atoms. The average Bonchev–Trinajstić information content (AvgIpc) is 3.57. The number of unbranched alkanes of at least 4 members (excludes halogenated alkanes) is 5. The number of carbonyl (C=O) groups is 3. The molecule has 0 saturated carbocycles. The number of terminal acetylenes is 1. The molecular formula is C41H68N2O7Si2. The molecule has 0 spiro atoms. The number of ether oxygens (including phenoxy) is 3. The van der Waals surface area contributed by atoms with Crippen molar-refractivity contribution in [3.63, 3.8) is 0 Å². The van der Waals surface area contributed by atoms with E-state index in [1.165, 1.54) is 4.90 Å². The summed E-state index contributed by atoms with van der Waals surface area (Å²) < 4.78 is 24.3. The molecule has 1 heterocycles. The third-order valence-electron chi connectivity index (χ3n) is 9.93. The summed E-state index contributed by atoms with van der Waals surface area (Å²) in [6.07, 6.45) is 17.4. The molecule has 1 aliphatic rings. The summed E-state index contributed by atoms with van der Waals surface area (Å²) in [7, 11) is -3.40. The summed E-state index contributed by atoms with van der Waals surface area (Å²) in [5.41, 5.74) is 0.376. The minimum Gasteiger partial charge on any atom is -0.467 e. The van der Waals surface area contributed by atoms with E-state index in [0.717, 1.165) is 63.8 Å². The Labute approximate surface area is 317 Å². The Morgan fingerprint density at radius 2 is 1.63 bits per heavy atom. The van der Waals surface area contributed by atoms with Crippen LogP contribution in [-0.4, -0.2) is 77.3 Å². The van der Waals surface area contributed by atoms with Crippen molar-refractivity contribution in [2.24, 2.45) is 0 Å². The Balaban J connectivity index is 2.02. The smallest absolute Gasteiger partial charge is 0.329 e. The lowest BCUT2D eigenvalue weighted by Gasteiger charge is -2.38. The number of rotatable bonds is 24. The van der Waals surface area contributed by atoms with Crippen LogP contribution >= 0.6 is 0 Å². The number of benzene rings is 1. The second-order valence-electron chi connectivity index (χ2n) is 16.7. The van der Waals surface area contributed by atoms with Gasteiger partial charge in [0.05, 0.1) is 12.1 Å². The van der Waals surface area contributed by atoms with Crippen molar-refractivity contribution < 1.29 is 33.0 Å². The fourth-order valence-electron chi connectivity index (χ4n) is 5.60. The molecule has 9 nitrogen and oxygen atoms in total. The van der Waals surface area contributed by atoms with Crippen molar-refractivity contribution in [3.05, 3.63) is 42.1 Å². The highest BCUT2D eigenvalue weighted by atomic mass is 28.4. The lowest BCUT2D eigenvalue weighted by Crippen LogP contribution is -2.48. The molecule has 0 fully saturated rings. The van der Waals surface area contributed by atoms with E-state index in [4.69, 9.17) is 25.1 Å². The third kappa shape index (κ3) is 16.0. The molecule has 0 unspecified atom stereocenters. The van der Waals surface area contributed by atoms with Gasteiger partial charge >= 0.3 is 5.97 Å². The van der Waals surface area contributed by atoms with E-state index < -0.39 is 28.5 Å². The molecule has 292 valence electrons. The monoisotopic (exact) mass is 756 g/mol. The Morgan fingerprint density at radius 3 is 2.27 bits per heavy atom. The highest BCUT2D eigenvalue weighted by molar-refractivity contribution is 6.76. The SMILES string of the molecule is C#CCNC(=O)[C@@H](CCCCC[C@@H](CCCCCC)OC(=O)[C@@H]1CC=CN1C(=O)c1ccccc1OCOCC[Si](C)(C)C)O[Si](C)(C)C(C)(C)C. The molecule has 0 radical (unpaired) electrons. The van der Waals surface area contributed by atoms with E-state index in [0.29, 0.717) is 30.8 Å². The first-order chi connectivity index (χ1) is 24.5. The maximum absolute atomic E-state index is 13.8. The molecule has 0 bridgehead atoms. The molecule has 2 rings (SSSR count). The van der Waals surface area contributed by atoms with Crippen molar-refractivity contribution in [2.75, 3.05) is 19.9 Å². The maximum atomic E-state index is 13.8. The standard InChI is InChI=1S/C41H68N2O7Si2/c1-11-13-14-16-22-33(23-17-15-18-27-37(38(44)42-28-12-2)50-52(9,10)41(3,4)5)49-40(46)35-25-21-29-43(35)39(45)34-24-19-20-26-36(34)48-32-47-30-31-51(6,7)8/h2,19-21,24,26,29,33,35,37H,11,13-18,22-23,25,27-28,30-32H2,1,3-10H3,(H,42,44)/t33-,35+,37-/m1/s1. The first-order valence-corrected chi connectivity index (χ1v) is 26.0. The van der Waals surface area contributed by atoms with Gasteiger partial charge in [0, 0.05) is 20.9 Å². The summed E-state index contributed by atoms with van der Waals surface area (Å²) in [6.45, 7) is 20.7. The second kappa shape index (κ2) is 22.3. The first-order valence-electron chi connectivity index (χ1n) is 19.4. The van der Waals surface area contributed by atoms with Crippen molar-refractivity contribution in [1.29, 1.82) is 0 Å². The molecule has 0 aliphatic carbocycles. The highest BCUT2D eigenvalue weighted by Gasteiger charge is 2.40. The molecule has 3 atom stereocenters. The average molecular weight is 757 g/mol. The molecule has 0 saturated heterocycles. The van der Waals surface area contributed by atoms with E-state index in [2.05, 4.69) is 71.7 Å². The fourth-order valence-corrected chi connectivity index (χ4v) is 7.65. The Bertz CT molecular complexity index is 1330. The van der Waals surface area contributed by atoms with Crippen LogP contribution in [-0.2, 0) is 23.5 Å². The van der Waals surface area contributed by atoms with Crippen LogP contribution in [0, 0.1) is 12.3 Å². The molecule has 1 aromatic rings.